The lowest BCUT2D eigenvalue weighted by Gasteiger charge is -2.37. The summed E-state index contributed by atoms with van der Waals surface area (Å²) in [7, 11) is 0. The molecule has 2 aromatic heterocycles. The number of aromatic nitrogens is 4. The second kappa shape index (κ2) is 12.3. The average Bonchev–Trinajstić information content (AvgIpc) is 3.76. The zero-order valence-electron chi connectivity index (χ0n) is 28.7. The Morgan fingerprint density at radius 2 is 1.78 bits per heavy atom. The minimum Gasteiger partial charge on any atom is -0.444 e. The summed E-state index contributed by atoms with van der Waals surface area (Å²) in [6.45, 7) is 11.0. The molecule has 0 bridgehead atoms. The minimum absolute atomic E-state index is 0.0177. The van der Waals surface area contributed by atoms with Crippen LogP contribution in [0, 0.1) is 0 Å². The molecule has 1 fully saturated rings. The number of benzene rings is 2. The van der Waals surface area contributed by atoms with Crippen molar-refractivity contribution in [1.29, 1.82) is 0 Å². The molecule has 270 valence electrons. The number of hydrogen-bond acceptors (Lipinski definition) is 8. The molecule has 2 amide bonds. The van der Waals surface area contributed by atoms with Crippen LogP contribution < -0.4 is 15.8 Å². The maximum atomic E-state index is 14.3. The molecule has 1 unspecified atom stereocenters. The van der Waals surface area contributed by atoms with Crippen LogP contribution in [0.3, 0.4) is 0 Å². The largest absolute Gasteiger partial charge is 0.444 e. The van der Waals surface area contributed by atoms with Gasteiger partial charge in [0, 0.05) is 31.7 Å². The van der Waals surface area contributed by atoms with E-state index in [0.717, 1.165) is 29.3 Å². The fraction of sp³-hybridized carbons (Fsp3) is 0.457. The average molecular weight is 728 g/mol. The van der Waals surface area contributed by atoms with Gasteiger partial charge in [0.2, 0.25) is 11.7 Å². The molecular formula is C35H37ClF3N7O5. The van der Waals surface area contributed by atoms with Gasteiger partial charge in [-0.1, -0.05) is 23.7 Å². The lowest BCUT2D eigenvalue weighted by molar-refractivity contribution is -0.137. The fourth-order valence-corrected chi connectivity index (χ4v) is 7.16. The van der Waals surface area contributed by atoms with Gasteiger partial charge in [0.15, 0.2) is 5.82 Å². The molecule has 0 radical (unpaired) electrons. The zero-order valence-corrected chi connectivity index (χ0v) is 29.5. The quantitative estimate of drug-likeness (QED) is 0.265. The molecule has 0 aliphatic carbocycles. The van der Waals surface area contributed by atoms with Gasteiger partial charge in [0.25, 0.3) is 5.56 Å². The van der Waals surface area contributed by atoms with E-state index in [9.17, 15) is 27.6 Å². The van der Waals surface area contributed by atoms with E-state index < -0.39 is 46.5 Å². The summed E-state index contributed by atoms with van der Waals surface area (Å²) < 4.78 is 54.2. The molecular weight excluding hydrogens is 691 g/mol. The van der Waals surface area contributed by atoms with Crippen molar-refractivity contribution in [2.75, 3.05) is 36.4 Å². The Labute approximate surface area is 296 Å². The third-order valence-electron chi connectivity index (χ3n) is 9.44. The molecule has 12 nitrogen and oxygen atoms in total. The third kappa shape index (κ3) is 6.41. The predicted molar refractivity (Wildman–Crippen MR) is 183 cm³/mol. The van der Waals surface area contributed by atoms with E-state index >= 15 is 0 Å². The molecule has 4 aromatic rings. The lowest BCUT2D eigenvalue weighted by atomic mass is 9.94. The maximum Gasteiger partial charge on any atom is 0.416 e. The van der Waals surface area contributed by atoms with Crippen molar-refractivity contribution in [3.8, 4) is 11.4 Å². The molecule has 16 heteroatoms. The van der Waals surface area contributed by atoms with Gasteiger partial charge < -0.3 is 24.6 Å². The number of carbonyl (C=O) groups excluding carboxylic acids is 2. The minimum atomic E-state index is -4.60. The van der Waals surface area contributed by atoms with Gasteiger partial charge in [0.1, 0.15) is 17.3 Å². The molecule has 0 spiro atoms. The summed E-state index contributed by atoms with van der Waals surface area (Å²) in [6.07, 6.45) is -4.43. The molecule has 2 aromatic carbocycles. The number of rotatable bonds is 4. The Balaban J connectivity index is 1.28. The second-order valence-corrected chi connectivity index (χ2v) is 14.9. The van der Waals surface area contributed by atoms with Crippen molar-refractivity contribution < 1.29 is 32.2 Å². The Morgan fingerprint density at radius 1 is 1.06 bits per heavy atom. The van der Waals surface area contributed by atoms with E-state index in [1.165, 1.54) is 4.52 Å². The van der Waals surface area contributed by atoms with Gasteiger partial charge in [-0.05, 0) is 82.9 Å². The second-order valence-electron chi connectivity index (χ2n) is 14.5. The summed E-state index contributed by atoms with van der Waals surface area (Å²) >= 11 is 6.19. The van der Waals surface area contributed by atoms with Crippen LogP contribution in [0.2, 0.25) is 5.02 Å². The fourth-order valence-electron chi connectivity index (χ4n) is 6.94. The SMILES string of the molecule is CC(C)(C)OC(=O)N1CCN(c2c3n(c4nc(-c5ccc6c(c5)COC6(C)C)nn4c2=O)C(C(=O)Nc2ccc(C(F)(F)F)cc2Cl)CC3)CC1. The molecule has 5 heterocycles. The van der Waals surface area contributed by atoms with Crippen molar-refractivity contribution in [2.24, 2.45) is 0 Å². The van der Waals surface area contributed by atoms with Gasteiger partial charge in [-0.15, -0.1) is 5.10 Å². The number of hydrogen-bond donors (Lipinski definition) is 1. The molecule has 7 rings (SSSR count). The van der Waals surface area contributed by atoms with Crippen LogP contribution in [0.4, 0.5) is 29.3 Å². The first-order valence-electron chi connectivity index (χ1n) is 16.6. The molecule has 1 saturated heterocycles. The van der Waals surface area contributed by atoms with E-state index in [1.54, 1.807) is 30.2 Å². The number of amides is 2. The number of alkyl halides is 3. The highest BCUT2D eigenvalue weighted by Gasteiger charge is 2.38. The molecule has 3 aliphatic heterocycles. The predicted octanol–water partition coefficient (Wildman–Crippen LogP) is 6.18. The highest BCUT2D eigenvalue weighted by atomic mass is 35.5. The Kier molecular flexibility index (Phi) is 8.36. The highest BCUT2D eigenvalue weighted by Crippen LogP contribution is 2.39. The van der Waals surface area contributed by atoms with E-state index in [-0.39, 0.29) is 28.7 Å². The smallest absolute Gasteiger partial charge is 0.416 e. The summed E-state index contributed by atoms with van der Waals surface area (Å²) in [5.74, 6) is -0.115. The summed E-state index contributed by atoms with van der Waals surface area (Å²) in [6, 6.07) is 7.59. The van der Waals surface area contributed by atoms with Crippen molar-refractivity contribution in [1.82, 2.24) is 24.1 Å². The third-order valence-corrected chi connectivity index (χ3v) is 9.75. The van der Waals surface area contributed by atoms with E-state index in [0.29, 0.717) is 56.2 Å². The van der Waals surface area contributed by atoms with E-state index in [2.05, 4.69) is 10.4 Å². The number of anilines is 2. The van der Waals surface area contributed by atoms with Crippen molar-refractivity contribution in [3.63, 3.8) is 0 Å². The van der Waals surface area contributed by atoms with Crippen LogP contribution in [-0.4, -0.2) is 67.8 Å². The van der Waals surface area contributed by atoms with Gasteiger partial charge in [-0.25, -0.2) is 4.79 Å². The van der Waals surface area contributed by atoms with E-state index in [1.807, 2.05) is 36.9 Å². The number of carbonyl (C=O) groups is 2. The van der Waals surface area contributed by atoms with Crippen LogP contribution >= 0.6 is 11.6 Å². The zero-order chi connectivity index (χ0) is 36.6. The van der Waals surface area contributed by atoms with Gasteiger partial charge in [-0.2, -0.15) is 22.7 Å². The summed E-state index contributed by atoms with van der Waals surface area (Å²) in [4.78, 5) is 49.2. The van der Waals surface area contributed by atoms with Crippen LogP contribution in [-0.2, 0) is 39.1 Å². The summed E-state index contributed by atoms with van der Waals surface area (Å²) in [5.41, 5.74) is 1.15. The number of fused-ring (bicyclic) bond motifs is 4. The topological polar surface area (TPSA) is 123 Å². The number of piperazine rings is 1. The Hall–Kier alpha value is -4.63. The van der Waals surface area contributed by atoms with Crippen LogP contribution in [0.25, 0.3) is 17.2 Å². The maximum absolute atomic E-state index is 14.3. The first-order chi connectivity index (χ1) is 23.9. The molecule has 1 N–H and O–H groups in total. The first kappa shape index (κ1) is 34.8. The molecule has 3 aliphatic rings. The van der Waals surface area contributed by atoms with Crippen LogP contribution in [0.15, 0.2) is 41.2 Å². The normalized spacial score (nSPS) is 18.6. The first-order valence-corrected chi connectivity index (χ1v) is 17.0. The monoisotopic (exact) mass is 727 g/mol. The Bertz CT molecular complexity index is 2130. The number of ether oxygens (including phenoxy) is 2. The number of nitrogens with zero attached hydrogens (tertiary/aromatic N) is 6. The molecule has 0 saturated carbocycles. The molecule has 1 atom stereocenters. The number of halogens is 4. The Morgan fingerprint density at radius 3 is 2.45 bits per heavy atom. The van der Waals surface area contributed by atoms with E-state index in [4.69, 9.17) is 26.1 Å². The van der Waals surface area contributed by atoms with Crippen LogP contribution in [0.1, 0.15) is 69.5 Å². The highest BCUT2D eigenvalue weighted by molar-refractivity contribution is 6.33. The van der Waals surface area contributed by atoms with Crippen molar-refractivity contribution >= 4 is 40.8 Å². The van der Waals surface area contributed by atoms with Gasteiger partial charge >= 0.3 is 12.3 Å². The van der Waals surface area contributed by atoms with Gasteiger partial charge in [-0.3, -0.25) is 14.2 Å². The van der Waals surface area contributed by atoms with Gasteiger partial charge in [0.05, 0.1) is 34.2 Å². The lowest BCUT2D eigenvalue weighted by Crippen LogP contribution is -2.51. The standard InChI is InChI=1S/C35H37ClF3N7O5/c1-33(2,3)51-32(49)44-14-12-43(13-15-44)27-25-10-11-26(29(47)40-24-9-7-21(17-23(24)36)35(37,38)39)45(25)31-41-28(42-46(31)30(27)48)19-6-8-22-20(16-19)18-50-34(22,4)5/h6-9,16-17,26H,10-15,18H2,1-5H3,(H,40,47). The summed E-state index contributed by atoms with van der Waals surface area (Å²) in [5, 5.41) is 7.06. The number of nitrogens with one attached hydrogen (secondary N) is 1. The van der Waals surface area contributed by atoms with Crippen molar-refractivity contribution in [3.05, 3.63) is 74.2 Å². The van der Waals surface area contributed by atoms with Crippen molar-refractivity contribution in [2.45, 2.75) is 77.5 Å². The molecule has 51 heavy (non-hydrogen) atoms. The van der Waals surface area contributed by atoms with Crippen LogP contribution in [0.5, 0.6) is 0 Å².